The summed E-state index contributed by atoms with van der Waals surface area (Å²) in [6.07, 6.45) is 2.00. The second kappa shape index (κ2) is 8.68. The van der Waals surface area contributed by atoms with Gasteiger partial charge in [0.25, 0.3) is 5.91 Å². The van der Waals surface area contributed by atoms with Crippen LogP contribution in [0, 0.1) is 10.1 Å². The van der Waals surface area contributed by atoms with Crippen molar-refractivity contribution in [2.45, 2.75) is 32.2 Å². The molecule has 1 unspecified atom stereocenters. The van der Waals surface area contributed by atoms with Gasteiger partial charge in [-0.15, -0.1) is 0 Å². The van der Waals surface area contributed by atoms with Crippen molar-refractivity contribution in [1.29, 1.82) is 0 Å². The molecule has 10 heteroatoms. The smallest absolute Gasteiger partial charge is 0.312 e. The highest BCUT2D eigenvalue weighted by atomic mass is 35.5. The second-order valence-corrected chi connectivity index (χ2v) is 8.82. The Balaban J connectivity index is 2.09. The van der Waals surface area contributed by atoms with Crippen molar-refractivity contribution in [1.82, 2.24) is 4.90 Å². The molecule has 1 fully saturated rings. The van der Waals surface area contributed by atoms with E-state index in [4.69, 9.17) is 16.3 Å². The van der Waals surface area contributed by atoms with Gasteiger partial charge in [-0.1, -0.05) is 24.9 Å². The standard InChI is InChI=1S/C16H21ClN2O6S/c1-2-3-7-18(13-6-8-26(23,24)11-13)16(20)10-25-15-5-4-12(17)9-14(15)19(21)22/h4-5,9,13H,2-3,6-8,10-11H2,1H3. The van der Waals surface area contributed by atoms with Crippen LogP contribution in [-0.2, 0) is 14.6 Å². The fourth-order valence-electron chi connectivity index (χ4n) is 2.84. The van der Waals surface area contributed by atoms with Gasteiger partial charge in [0.1, 0.15) is 0 Å². The zero-order valence-electron chi connectivity index (χ0n) is 14.4. The zero-order valence-corrected chi connectivity index (χ0v) is 16.0. The average Bonchev–Trinajstić information content (AvgIpc) is 2.93. The third-order valence-electron chi connectivity index (χ3n) is 4.19. The Kier molecular flexibility index (Phi) is 6.82. The predicted molar refractivity (Wildman–Crippen MR) is 97.3 cm³/mol. The Morgan fingerprint density at radius 2 is 2.19 bits per heavy atom. The van der Waals surface area contributed by atoms with Gasteiger partial charge in [-0.25, -0.2) is 8.42 Å². The molecule has 0 aromatic heterocycles. The number of rotatable bonds is 8. The molecule has 1 aromatic rings. The highest BCUT2D eigenvalue weighted by Gasteiger charge is 2.34. The molecule has 1 heterocycles. The van der Waals surface area contributed by atoms with Crippen LogP contribution in [0.2, 0.25) is 5.02 Å². The van der Waals surface area contributed by atoms with Crippen LogP contribution >= 0.6 is 11.6 Å². The SMILES string of the molecule is CCCCN(C(=O)COc1ccc(Cl)cc1[N+](=O)[O-])C1CCS(=O)(=O)C1. The van der Waals surface area contributed by atoms with E-state index in [9.17, 15) is 23.3 Å². The molecule has 0 spiro atoms. The molecule has 1 aliphatic heterocycles. The van der Waals surface area contributed by atoms with E-state index in [1.54, 1.807) is 0 Å². The minimum atomic E-state index is -3.13. The topological polar surface area (TPSA) is 107 Å². The number of nitro groups is 1. The summed E-state index contributed by atoms with van der Waals surface area (Å²) in [7, 11) is -3.13. The number of carbonyl (C=O) groups excluding carboxylic acids is 1. The minimum absolute atomic E-state index is 0.0520. The second-order valence-electron chi connectivity index (χ2n) is 6.16. The Labute approximate surface area is 157 Å². The Bertz CT molecular complexity index is 783. The zero-order chi connectivity index (χ0) is 19.3. The van der Waals surface area contributed by atoms with Crippen molar-refractivity contribution in [2.75, 3.05) is 24.7 Å². The van der Waals surface area contributed by atoms with Gasteiger partial charge < -0.3 is 9.64 Å². The van der Waals surface area contributed by atoms with Gasteiger partial charge in [-0.05, 0) is 25.0 Å². The molecule has 1 amide bonds. The van der Waals surface area contributed by atoms with Crippen LogP contribution in [0.5, 0.6) is 5.75 Å². The molecule has 0 aliphatic carbocycles. The van der Waals surface area contributed by atoms with Gasteiger partial charge in [-0.3, -0.25) is 14.9 Å². The van der Waals surface area contributed by atoms with Crippen molar-refractivity contribution in [2.24, 2.45) is 0 Å². The third-order valence-corrected chi connectivity index (χ3v) is 6.18. The van der Waals surface area contributed by atoms with E-state index >= 15 is 0 Å². The highest BCUT2D eigenvalue weighted by Crippen LogP contribution is 2.30. The lowest BCUT2D eigenvalue weighted by molar-refractivity contribution is -0.385. The molecule has 1 aromatic carbocycles. The minimum Gasteiger partial charge on any atom is -0.477 e. The molecule has 1 saturated heterocycles. The molecule has 8 nitrogen and oxygen atoms in total. The van der Waals surface area contributed by atoms with Crippen LogP contribution in [0.3, 0.4) is 0 Å². The van der Waals surface area contributed by atoms with Crippen LogP contribution in [-0.4, -0.2) is 54.8 Å². The molecular formula is C16H21ClN2O6S. The monoisotopic (exact) mass is 404 g/mol. The van der Waals surface area contributed by atoms with E-state index in [1.165, 1.54) is 17.0 Å². The summed E-state index contributed by atoms with van der Waals surface area (Å²) in [6, 6.07) is 3.55. The summed E-state index contributed by atoms with van der Waals surface area (Å²) in [5.41, 5.74) is -0.325. The van der Waals surface area contributed by atoms with Crippen molar-refractivity contribution in [3.63, 3.8) is 0 Å². The summed E-state index contributed by atoms with van der Waals surface area (Å²) in [4.78, 5) is 24.5. The van der Waals surface area contributed by atoms with Crippen molar-refractivity contribution >= 4 is 33.0 Å². The summed E-state index contributed by atoms with van der Waals surface area (Å²) < 4.78 is 28.8. The molecule has 0 saturated carbocycles. The van der Waals surface area contributed by atoms with E-state index < -0.39 is 21.4 Å². The van der Waals surface area contributed by atoms with Crippen LogP contribution in [0.1, 0.15) is 26.2 Å². The van der Waals surface area contributed by atoms with E-state index in [-0.39, 0.29) is 39.9 Å². The summed E-state index contributed by atoms with van der Waals surface area (Å²) >= 11 is 5.75. The van der Waals surface area contributed by atoms with Gasteiger partial charge in [0.05, 0.1) is 16.4 Å². The maximum Gasteiger partial charge on any atom is 0.312 e. The van der Waals surface area contributed by atoms with E-state index in [0.29, 0.717) is 13.0 Å². The van der Waals surface area contributed by atoms with Crippen molar-refractivity contribution in [3.8, 4) is 5.75 Å². The quantitative estimate of drug-likeness (QED) is 0.486. The Hall–Kier alpha value is -1.87. The number of nitro benzene ring substituents is 1. The summed E-state index contributed by atoms with van der Waals surface area (Å²) in [5.74, 6) is -0.423. The normalized spacial score (nSPS) is 18.5. The number of benzene rings is 1. The number of amides is 1. The number of carbonyl (C=O) groups is 1. The van der Waals surface area contributed by atoms with E-state index in [2.05, 4.69) is 0 Å². The average molecular weight is 405 g/mol. The molecule has 144 valence electrons. The van der Waals surface area contributed by atoms with Gasteiger partial charge in [-0.2, -0.15) is 0 Å². The Morgan fingerprint density at radius 1 is 1.46 bits per heavy atom. The number of halogens is 1. The third kappa shape index (κ3) is 5.31. The molecule has 0 radical (unpaired) electrons. The first-order valence-electron chi connectivity index (χ1n) is 8.30. The summed E-state index contributed by atoms with van der Waals surface area (Å²) in [5, 5.41) is 11.3. The van der Waals surface area contributed by atoms with E-state index in [0.717, 1.165) is 18.9 Å². The van der Waals surface area contributed by atoms with Gasteiger partial charge in [0, 0.05) is 23.7 Å². The van der Waals surface area contributed by atoms with Gasteiger partial charge >= 0.3 is 5.69 Å². The lowest BCUT2D eigenvalue weighted by atomic mass is 10.2. The number of hydrogen-bond donors (Lipinski definition) is 0. The fraction of sp³-hybridized carbons (Fsp3) is 0.562. The number of sulfone groups is 1. The first-order valence-corrected chi connectivity index (χ1v) is 10.5. The maximum absolute atomic E-state index is 12.6. The largest absolute Gasteiger partial charge is 0.477 e. The van der Waals surface area contributed by atoms with Crippen molar-refractivity contribution in [3.05, 3.63) is 33.3 Å². The highest BCUT2D eigenvalue weighted by molar-refractivity contribution is 7.91. The lowest BCUT2D eigenvalue weighted by Crippen LogP contribution is -2.44. The lowest BCUT2D eigenvalue weighted by Gasteiger charge is -2.28. The molecule has 1 atom stereocenters. The van der Waals surface area contributed by atoms with E-state index in [1.807, 2.05) is 6.92 Å². The molecule has 26 heavy (non-hydrogen) atoms. The van der Waals surface area contributed by atoms with Crippen LogP contribution in [0.25, 0.3) is 0 Å². The van der Waals surface area contributed by atoms with Gasteiger partial charge in [0.2, 0.25) is 0 Å². The molecule has 1 aliphatic rings. The maximum atomic E-state index is 12.6. The summed E-state index contributed by atoms with van der Waals surface area (Å²) in [6.45, 7) is 2.01. The van der Waals surface area contributed by atoms with Crippen LogP contribution in [0.4, 0.5) is 5.69 Å². The fourth-order valence-corrected chi connectivity index (χ4v) is 4.74. The van der Waals surface area contributed by atoms with Crippen LogP contribution in [0.15, 0.2) is 18.2 Å². The number of unbranched alkanes of at least 4 members (excludes halogenated alkanes) is 1. The van der Waals surface area contributed by atoms with Crippen LogP contribution < -0.4 is 4.74 Å². The first kappa shape index (κ1) is 20.4. The number of hydrogen-bond acceptors (Lipinski definition) is 6. The Morgan fingerprint density at radius 3 is 2.77 bits per heavy atom. The number of ether oxygens (including phenoxy) is 1. The molecule has 0 bridgehead atoms. The van der Waals surface area contributed by atoms with Gasteiger partial charge in [0.15, 0.2) is 22.2 Å². The molecule has 2 rings (SSSR count). The first-order chi connectivity index (χ1) is 12.2. The molecule has 0 N–H and O–H groups in total. The number of nitrogens with zero attached hydrogens (tertiary/aromatic N) is 2. The predicted octanol–water partition coefficient (Wildman–Crippen LogP) is 2.44. The van der Waals surface area contributed by atoms with Crippen molar-refractivity contribution < 1.29 is 22.9 Å². The molecular weight excluding hydrogens is 384 g/mol.